The molecule has 518 valence electrons. The van der Waals surface area contributed by atoms with Crippen molar-refractivity contribution in [2.24, 2.45) is 0 Å². The summed E-state index contributed by atoms with van der Waals surface area (Å²) < 4.78 is 38.3. The van der Waals surface area contributed by atoms with Crippen molar-refractivity contribution in [1.82, 2.24) is 9.55 Å². The van der Waals surface area contributed by atoms with Crippen molar-refractivity contribution < 1.29 is 47.9 Å². The molecule has 1 aromatic carbocycles. The molecule has 1 aliphatic rings. The number of aliphatic hydroxyl groups excluding tert-OH is 1. The molecule has 1 aliphatic heterocycles. The number of ketones is 1. The maximum atomic E-state index is 14.3. The number of unbranched alkanes of at least 4 members (excludes halogenated alkanes) is 45. The van der Waals surface area contributed by atoms with Crippen molar-refractivity contribution in [3.8, 4) is 17.2 Å². The van der Waals surface area contributed by atoms with Crippen molar-refractivity contribution in [3.05, 3.63) is 40.4 Å². The Hall–Kier alpha value is -4.01. The second kappa shape index (κ2) is 55.4. The minimum absolute atomic E-state index is 0.00717. The number of esters is 1. The Morgan fingerprint density at radius 2 is 0.844 bits per heavy atom. The van der Waals surface area contributed by atoms with Crippen LogP contribution in [-0.4, -0.2) is 84.2 Å². The molecule has 2 heterocycles. The number of nitrogens with one attached hydrogen (secondary N) is 1. The van der Waals surface area contributed by atoms with E-state index in [0.717, 1.165) is 51.4 Å². The number of nitrogens with zero attached hydrogens (tertiary/aromatic N) is 2. The van der Waals surface area contributed by atoms with E-state index in [-0.39, 0.29) is 30.0 Å². The van der Waals surface area contributed by atoms with Crippen LogP contribution in [0.3, 0.4) is 0 Å². The summed E-state index contributed by atoms with van der Waals surface area (Å²) in [5.41, 5.74) is -0.484. The Kier molecular flexibility index (Phi) is 49.4. The zero-order chi connectivity index (χ0) is 64.8. The van der Waals surface area contributed by atoms with E-state index in [1.807, 2.05) is 0 Å². The van der Waals surface area contributed by atoms with Gasteiger partial charge in [-0.15, -0.1) is 0 Å². The highest BCUT2D eigenvalue weighted by Crippen LogP contribution is 2.40. The van der Waals surface area contributed by atoms with E-state index in [1.165, 1.54) is 288 Å². The third-order valence-electron chi connectivity index (χ3n) is 18.1. The summed E-state index contributed by atoms with van der Waals surface area (Å²) >= 11 is 0. The number of Topliss-reactive ketones (excluding diaryl/α,β-unsaturated/α-hetero) is 1. The molecule has 1 fully saturated rings. The molecule has 2 N–H and O–H groups in total. The molecule has 14 nitrogen and oxygen atoms in total. The van der Waals surface area contributed by atoms with Crippen LogP contribution in [-0.2, 0) is 23.8 Å². The van der Waals surface area contributed by atoms with Gasteiger partial charge in [0.05, 0.1) is 32.8 Å². The van der Waals surface area contributed by atoms with Crippen LogP contribution in [0.1, 0.15) is 365 Å². The molecule has 1 saturated heterocycles. The van der Waals surface area contributed by atoms with Crippen LogP contribution >= 0.6 is 0 Å². The number of aliphatic hydroxyl groups is 1. The van der Waals surface area contributed by atoms with Crippen molar-refractivity contribution in [1.29, 1.82) is 0 Å². The van der Waals surface area contributed by atoms with E-state index in [0.29, 0.717) is 37.1 Å². The number of carbonyl (C=O) groups excluding carboxylic acids is 3. The first-order chi connectivity index (χ1) is 44.2. The van der Waals surface area contributed by atoms with Crippen molar-refractivity contribution in [2.75, 3.05) is 38.9 Å². The molecular weight excluding hydrogens is 1130 g/mol. The number of aromatic nitrogens is 2. The lowest BCUT2D eigenvalue weighted by Crippen LogP contribution is -2.40. The van der Waals surface area contributed by atoms with Gasteiger partial charge in [0, 0.05) is 25.3 Å². The van der Waals surface area contributed by atoms with E-state index < -0.39 is 48.7 Å². The van der Waals surface area contributed by atoms with Crippen LogP contribution in [0.25, 0.3) is 0 Å². The monoisotopic (exact) mass is 1260 g/mol. The van der Waals surface area contributed by atoms with Crippen molar-refractivity contribution in [3.63, 3.8) is 0 Å². The van der Waals surface area contributed by atoms with Gasteiger partial charge in [-0.05, 0) is 44.4 Å². The molecule has 90 heavy (non-hydrogen) atoms. The fourth-order valence-electron chi connectivity index (χ4n) is 12.4. The smallest absolute Gasteiger partial charge is 0.351 e. The van der Waals surface area contributed by atoms with E-state index in [1.54, 1.807) is 12.1 Å². The van der Waals surface area contributed by atoms with Crippen LogP contribution in [0, 0.1) is 0 Å². The number of rotatable bonds is 63. The molecule has 14 heteroatoms. The normalized spacial score (nSPS) is 15.6. The first-order valence-corrected chi connectivity index (χ1v) is 37.6. The number of methoxy groups -OCH3 is 1. The molecule has 2 aromatic rings. The summed E-state index contributed by atoms with van der Waals surface area (Å²) in [5, 5.41) is 13.0. The van der Waals surface area contributed by atoms with Crippen molar-refractivity contribution >= 4 is 23.5 Å². The summed E-state index contributed by atoms with van der Waals surface area (Å²) in [6, 6.07) is 4.92. The van der Waals surface area contributed by atoms with Gasteiger partial charge in [-0.25, -0.2) is 4.79 Å². The van der Waals surface area contributed by atoms with Gasteiger partial charge in [0.15, 0.2) is 23.8 Å². The Morgan fingerprint density at radius 1 is 0.500 bits per heavy atom. The largest absolute Gasteiger partial charge is 0.490 e. The highest BCUT2D eigenvalue weighted by atomic mass is 16.6. The number of hydrogen-bond acceptors (Lipinski definition) is 12. The van der Waals surface area contributed by atoms with E-state index >= 15 is 0 Å². The fraction of sp³-hybridized carbons (Fsp3) is 0.829. The molecule has 1 unspecified atom stereocenters. The van der Waals surface area contributed by atoms with Gasteiger partial charge < -0.3 is 43.6 Å². The fourth-order valence-corrected chi connectivity index (χ4v) is 12.4. The van der Waals surface area contributed by atoms with Crippen LogP contribution in [0.4, 0.5) is 5.82 Å². The molecule has 1 aromatic heterocycles. The van der Waals surface area contributed by atoms with E-state index in [9.17, 15) is 24.3 Å². The average Bonchev–Trinajstić information content (AvgIpc) is 1.71. The predicted octanol–water partition coefficient (Wildman–Crippen LogP) is 20.6. The highest BCUT2D eigenvalue weighted by Gasteiger charge is 2.48. The highest BCUT2D eigenvalue weighted by molar-refractivity contribution is 6.04. The second-order valence-electron chi connectivity index (χ2n) is 26.3. The van der Waals surface area contributed by atoms with E-state index in [4.69, 9.17) is 28.4 Å². The first kappa shape index (κ1) is 80.2. The third-order valence-corrected chi connectivity index (χ3v) is 18.1. The minimum Gasteiger partial charge on any atom is -0.490 e. The summed E-state index contributed by atoms with van der Waals surface area (Å²) in [6.07, 6.45) is 58.9. The predicted molar refractivity (Wildman–Crippen MR) is 370 cm³/mol. The number of benzene rings is 1. The van der Waals surface area contributed by atoms with Gasteiger partial charge in [0.2, 0.25) is 5.75 Å². The summed E-state index contributed by atoms with van der Waals surface area (Å²) in [7, 11) is 1.39. The molecule has 0 spiro atoms. The Balaban J connectivity index is 1.69. The van der Waals surface area contributed by atoms with Gasteiger partial charge in [-0.2, -0.15) is 4.98 Å². The Labute approximate surface area is 548 Å². The van der Waals surface area contributed by atoms with Crippen LogP contribution in [0.15, 0.2) is 29.2 Å². The summed E-state index contributed by atoms with van der Waals surface area (Å²) in [4.78, 5) is 56.5. The number of ether oxygens (including phenoxy) is 6. The molecule has 3 rings (SSSR count). The van der Waals surface area contributed by atoms with Gasteiger partial charge in [-0.1, -0.05) is 310 Å². The minimum atomic E-state index is -1.11. The van der Waals surface area contributed by atoms with E-state index in [2.05, 4.69) is 31.1 Å². The van der Waals surface area contributed by atoms with Crippen LogP contribution in [0.2, 0.25) is 0 Å². The lowest BCUT2D eigenvalue weighted by atomic mass is 10.0. The topological polar surface area (TPSA) is 174 Å². The third kappa shape index (κ3) is 38.2. The maximum absolute atomic E-state index is 14.3. The Morgan fingerprint density at radius 3 is 1.17 bits per heavy atom. The van der Waals surface area contributed by atoms with Gasteiger partial charge >= 0.3 is 11.7 Å². The zero-order valence-electron chi connectivity index (χ0n) is 58.2. The molecule has 0 aliphatic carbocycles. The summed E-state index contributed by atoms with van der Waals surface area (Å²) in [6.45, 7) is 9.16. The molecule has 1 amide bonds. The average molecular weight is 1260 g/mol. The lowest BCUT2D eigenvalue weighted by molar-refractivity contribution is -0.158. The van der Waals surface area contributed by atoms with Crippen LogP contribution < -0.4 is 25.2 Å². The van der Waals surface area contributed by atoms with Crippen molar-refractivity contribution in [2.45, 2.75) is 373 Å². The number of carbonyl (C=O) groups is 3. The molecular formula is C76H133N3O11. The number of anilines is 1. The molecule has 0 bridgehead atoms. The van der Waals surface area contributed by atoms with Gasteiger partial charge in [0.1, 0.15) is 23.8 Å². The van der Waals surface area contributed by atoms with Gasteiger partial charge in [0.25, 0.3) is 5.91 Å². The van der Waals surface area contributed by atoms with Crippen LogP contribution in [0.5, 0.6) is 17.2 Å². The molecule has 0 radical (unpaired) electrons. The Bertz CT molecular complexity index is 2080. The first-order valence-electron chi connectivity index (χ1n) is 37.6. The second-order valence-corrected chi connectivity index (χ2v) is 26.3. The lowest BCUT2D eigenvalue weighted by Gasteiger charge is -2.23. The SMILES string of the molecule is CCCCCCCCCCCCCCCCCCOc1cc(C(=O)Nc2ccn([C@@H]3O[C@H](CO)C(OC(=O)CCC(C)=O)[C@@H]3OC)c(=O)n2)cc(OCCCCCCCCCCCCCCCCCC)c1OCCCCCCCCCCCCCCCCCC. The maximum Gasteiger partial charge on any atom is 0.351 e. The number of amides is 1. The molecule has 4 atom stereocenters. The van der Waals surface area contributed by atoms with Gasteiger partial charge in [-0.3, -0.25) is 14.2 Å². The summed E-state index contributed by atoms with van der Waals surface area (Å²) in [5.74, 6) is 0.136. The number of hydrogen-bond donors (Lipinski definition) is 2. The zero-order valence-corrected chi connectivity index (χ0v) is 58.2. The quantitative estimate of drug-likeness (QED) is 0.0475. The standard InChI is InChI=1S/C76H133N3O11/c1-6-9-12-15-18-21-24-27-30-33-36-39-42-45-48-51-58-86-66-61-65(74(83)77-69-56-57-79(76(84)78-69)75-73(85-5)72(68(63-80)89-75)90-70(82)55-54-64(4)81)62-67(87-59-52-49-46-43-40-37-34-31-28-25-22-19-16-13-10-7-2)71(66)88-60-53-50-47-44-41-38-35-32-29-26-23-20-17-14-11-8-3/h56-57,61-62,68,72-73,75,80H,6-55,58-60,63H2,1-5H3,(H,77,78,83,84)/t68-,72?,73+,75-/m1/s1. The molecule has 0 saturated carbocycles.